The number of halogens is 4. The Hall–Kier alpha value is -4.48. The molecule has 9 rings (SSSR count). The number of methoxy groups -OCH3 is 3. The second-order valence-corrected chi connectivity index (χ2v) is 20.4. The zero-order chi connectivity index (χ0) is 47.5. The summed E-state index contributed by atoms with van der Waals surface area (Å²) >= 11 is 11.8. The molecule has 3 aromatic rings. The number of aromatic amines is 1. The van der Waals surface area contributed by atoms with Crippen LogP contribution in [0.4, 0.5) is 20.2 Å². The lowest BCUT2D eigenvalue weighted by atomic mass is 9.47. The number of rotatable bonds is 9. The number of carbonyl (C=O) groups excluding carboxylic acids is 4. The monoisotopic (exact) mass is 955 g/mol. The van der Waals surface area contributed by atoms with Crippen molar-refractivity contribution in [3.63, 3.8) is 0 Å². The summed E-state index contributed by atoms with van der Waals surface area (Å²) in [6.45, 7) is 6.31. The fourth-order valence-electron chi connectivity index (χ4n) is 13.8. The van der Waals surface area contributed by atoms with Crippen molar-refractivity contribution < 1.29 is 52.0 Å². The Morgan fingerprint density at radius 2 is 1.77 bits per heavy atom. The number of hydrogen-bond donors (Lipinski definition) is 3. The lowest BCUT2D eigenvalue weighted by Crippen LogP contribution is -2.81. The van der Waals surface area contributed by atoms with E-state index in [-0.39, 0.29) is 25.1 Å². The van der Waals surface area contributed by atoms with Gasteiger partial charge in [-0.1, -0.05) is 42.3 Å². The van der Waals surface area contributed by atoms with Crippen molar-refractivity contribution in [1.29, 1.82) is 0 Å². The van der Waals surface area contributed by atoms with E-state index in [1.807, 2.05) is 41.0 Å². The average molecular weight is 957 g/mol. The zero-order valence-electron chi connectivity index (χ0n) is 38.1. The Labute approximate surface area is 392 Å². The summed E-state index contributed by atoms with van der Waals surface area (Å²) in [5, 5.41) is 16.8. The molecule has 1 aliphatic carbocycles. The van der Waals surface area contributed by atoms with Crippen LogP contribution in [0.1, 0.15) is 68.8 Å². The molecule has 2 aromatic carbocycles. The first-order valence-electron chi connectivity index (χ1n) is 22.5. The molecule has 1 spiro atoms. The number of esters is 3. The van der Waals surface area contributed by atoms with Gasteiger partial charge in [0.1, 0.15) is 11.2 Å². The van der Waals surface area contributed by atoms with Crippen LogP contribution in [0, 0.1) is 17.3 Å². The molecule has 3 N–H and O–H groups in total. The standard InChI is InChI=1S/C48H57Cl2F2N5O9/c1-8-45-13-9-15-57-17-14-46(39(45)57)31-20-32(35(63-5)21-34(31)55(4)40(46)48(62,43(61)65-7)41(45)66-25(2)58)47(42(60)64-6)22-26-18-27(44(3,51)52)24-56(23-26)16-12-29-30-19-28(53-38(59)37(49)50)10-11-33(30)54-36(29)47/h9-11,13,19-21,26-27,37,39-41,54,62H,8,12,14-18,22-24H2,1-7H3,(H,53,59)/t26?,27?,39?,40?,41-,45-,46?,47-,48+/m0/s1. The largest absolute Gasteiger partial charge is 0.496 e. The van der Waals surface area contributed by atoms with Gasteiger partial charge in [0.05, 0.1) is 27.4 Å². The summed E-state index contributed by atoms with van der Waals surface area (Å²) in [6.07, 6.45) is 3.99. The molecule has 2 saturated heterocycles. The van der Waals surface area contributed by atoms with Crippen molar-refractivity contribution in [3.8, 4) is 5.75 Å². The fourth-order valence-corrected chi connectivity index (χ4v) is 13.9. The maximum absolute atomic E-state index is 15.5. The van der Waals surface area contributed by atoms with Crippen LogP contribution in [0.25, 0.3) is 10.9 Å². The lowest BCUT2D eigenvalue weighted by molar-refractivity contribution is -0.228. The van der Waals surface area contributed by atoms with Crippen molar-refractivity contribution in [1.82, 2.24) is 14.8 Å². The number of amides is 1. The van der Waals surface area contributed by atoms with E-state index >= 15 is 13.6 Å². The quantitative estimate of drug-likeness (QED) is 0.102. The van der Waals surface area contributed by atoms with Gasteiger partial charge in [-0.25, -0.2) is 13.6 Å². The van der Waals surface area contributed by atoms with E-state index in [0.717, 1.165) is 18.1 Å². The summed E-state index contributed by atoms with van der Waals surface area (Å²) in [4.78, 5) is 64.2. The van der Waals surface area contributed by atoms with Gasteiger partial charge < -0.3 is 44.2 Å². The van der Waals surface area contributed by atoms with Crippen LogP contribution in [-0.2, 0) is 50.6 Å². The Morgan fingerprint density at radius 1 is 1.03 bits per heavy atom. The van der Waals surface area contributed by atoms with Crippen LogP contribution in [0.5, 0.6) is 5.75 Å². The predicted octanol–water partition coefficient (Wildman–Crippen LogP) is 5.86. The summed E-state index contributed by atoms with van der Waals surface area (Å²) in [5.74, 6) is -7.03. The van der Waals surface area contributed by atoms with Gasteiger partial charge in [-0.05, 0) is 86.9 Å². The number of alkyl halides is 4. The number of aliphatic hydroxyl groups is 1. The molecule has 1 saturated carbocycles. The smallest absolute Gasteiger partial charge is 0.344 e. The topological polar surface area (TPSA) is 163 Å². The first kappa shape index (κ1) is 46.6. The highest BCUT2D eigenvalue weighted by atomic mass is 35.5. The normalized spacial score (nSPS) is 33.4. The number of H-pyrrole nitrogens is 1. The SMILES string of the molecule is CC[C@@]12C=CCN3CCC4(c5cc([C@@]6(C(=O)OC)CC7CC(C(C)(F)F)CN(CCc8c6[nH]c6ccc(NC(=O)C(Cl)Cl)cc86)C7)c(OC)cc5N(C)C4[C@](O)(C(=O)OC)[C@H]1OC(C)=O)C32. The van der Waals surface area contributed by atoms with E-state index in [1.165, 1.54) is 28.3 Å². The molecular weight excluding hydrogens is 899 g/mol. The second-order valence-electron chi connectivity index (χ2n) is 19.3. The molecule has 3 fully saturated rings. The van der Waals surface area contributed by atoms with Crippen LogP contribution in [0.15, 0.2) is 42.5 Å². The van der Waals surface area contributed by atoms with Gasteiger partial charge in [-0.3, -0.25) is 19.3 Å². The molecule has 10 atom stereocenters. The number of hydrogen-bond acceptors (Lipinski definition) is 12. The van der Waals surface area contributed by atoms with E-state index in [1.54, 1.807) is 25.2 Å². The third kappa shape index (κ3) is 6.54. The molecule has 0 radical (unpaired) electrons. The highest BCUT2D eigenvalue weighted by Crippen LogP contribution is 2.68. The molecule has 66 heavy (non-hydrogen) atoms. The van der Waals surface area contributed by atoms with Gasteiger partial charge in [0.25, 0.3) is 5.91 Å². The molecule has 1 amide bonds. The lowest BCUT2D eigenvalue weighted by Gasteiger charge is -2.63. The maximum atomic E-state index is 15.5. The fraction of sp³-hybridized carbons (Fsp3) is 0.583. The number of carbonyl (C=O) groups is 4. The second kappa shape index (κ2) is 16.3. The van der Waals surface area contributed by atoms with Gasteiger partial charge in [-0.15, -0.1) is 0 Å². The molecular formula is C48H57Cl2F2N5O9. The number of likely N-dealkylation sites (N-methyl/N-ethyl adjacent to an activating group) is 1. The van der Waals surface area contributed by atoms with Crippen molar-refractivity contribution in [2.45, 2.75) is 98.3 Å². The van der Waals surface area contributed by atoms with Crippen molar-refractivity contribution >= 4 is 69.3 Å². The third-order valence-corrected chi connectivity index (χ3v) is 16.5. The highest BCUT2D eigenvalue weighted by molar-refractivity contribution is 6.54. The van der Waals surface area contributed by atoms with E-state index in [2.05, 4.69) is 15.2 Å². The van der Waals surface area contributed by atoms with E-state index < -0.39 is 86.4 Å². The summed E-state index contributed by atoms with van der Waals surface area (Å²) in [6, 6.07) is 7.59. The molecule has 6 heterocycles. The third-order valence-electron chi connectivity index (χ3n) is 16.1. The van der Waals surface area contributed by atoms with Crippen LogP contribution in [0.2, 0.25) is 0 Å². The van der Waals surface area contributed by atoms with Gasteiger partial charge >= 0.3 is 17.9 Å². The number of anilines is 2. The van der Waals surface area contributed by atoms with Gasteiger partial charge in [-0.2, -0.15) is 0 Å². The zero-order valence-corrected chi connectivity index (χ0v) is 39.7. The van der Waals surface area contributed by atoms with Gasteiger partial charge in [0.15, 0.2) is 10.9 Å². The van der Waals surface area contributed by atoms with Crippen molar-refractivity contribution in [2.75, 3.05) is 71.3 Å². The minimum absolute atomic E-state index is 0.0472. The Bertz CT molecular complexity index is 2530. The molecule has 1 aromatic heterocycles. The minimum Gasteiger partial charge on any atom is -0.496 e. The number of ether oxygens (including phenoxy) is 4. The van der Waals surface area contributed by atoms with E-state index in [4.69, 9.17) is 42.1 Å². The minimum atomic E-state index is -3.00. The number of piperidine rings is 1. The highest BCUT2D eigenvalue weighted by Gasteiger charge is 2.80. The maximum Gasteiger partial charge on any atom is 0.344 e. The van der Waals surface area contributed by atoms with Crippen LogP contribution < -0.4 is 15.0 Å². The Kier molecular flexibility index (Phi) is 11.5. The molecule has 2 bridgehead atoms. The number of fused-ring (bicyclic) bond motifs is 6. The first-order valence-corrected chi connectivity index (χ1v) is 23.4. The van der Waals surface area contributed by atoms with Crippen molar-refractivity contribution in [3.05, 3.63) is 64.9 Å². The number of aromatic nitrogens is 1. The molecule has 6 aliphatic rings. The first-order chi connectivity index (χ1) is 31.3. The van der Waals surface area contributed by atoms with Gasteiger partial charge in [0, 0.05) is 103 Å². The van der Waals surface area contributed by atoms with E-state index in [0.29, 0.717) is 79.0 Å². The van der Waals surface area contributed by atoms with Crippen LogP contribution in [0.3, 0.4) is 0 Å². The number of nitrogens with one attached hydrogen (secondary N) is 2. The van der Waals surface area contributed by atoms with Gasteiger partial charge in [0.2, 0.25) is 11.5 Å². The Morgan fingerprint density at radius 3 is 2.42 bits per heavy atom. The molecule has 6 unspecified atom stereocenters. The molecule has 356 valence electrons. The number of nitrogens with zero attached hydrogens (tertiary/aromatic N) is 3. The van der Waals surface area contributed by atoms with Crippen LogP contribution in [-0.4, -0.2) is 139 Å². The van der Waals surface area contributed by atoms with Crippen molar-refractivity contribution in [2.24, 2.45) is 17.3 Å². The predicted molar refractivity (Wildman–Crippen MR) is 243 cm³/mol. The summed E-state index contributed by atoms with van der Waals surface area (Å²) in [5.41, 5.74) is -2.20. The summed E-state index contributed by atoms with van der Waals surface area (Å²) < 4.78 is 54.8. The number of benzene rings is 2. The summed E-state index contributed by atoms with van der Waals surface area (Å²) in [7, 11) is 5.80. The molecule has 18 heteroatoms. The Balaban J connectivity index is 1.35. The average Bonchev–Trinajstić information content (AvgIpc) is 3.94. The molecule has 14 nitrogen and oxygen atoms in total. The molecule has 5 aliphatic heterocycles. The van der Waals surface area contributed by atoms with E-state index in [9.17, 15) is 19.5 Å². The van der Waals surface area contributed by atoms with Crippen LogP contribution >= 0.6 is 23.2 Å².